The monoisotopic (exact) mass is 250 g/mol. The zero-order valence-corrected chi connectivity index (χ0v) is 11.0. The largest absolute Gasteiger partial charge is 0.466 e. The summed E-state index contributed by atoms with van der Waals surface area (Å²) in [6.45, 7) is 5.14. The van der Waals surface area contributed by atoms with Gasteiger partial charge in [-0.05, 0) is 43.9 Å². The highest BCUT2D eigenvalue weighted by molar-refractivity contribution is 5.19. The van der Waals surface area contributed by atoms with Gasteiger partial charge in [0.15, 0.2) is 6.79 Å². The summed E-state index contributed by atoms with van der Waals surface area (Å²) in [5.41, 5.74) is 1.04. The molecule has 1 aromatic heterocycles. The van der Waals surface area contributed by atoms with Crippen LogP contribution in [0.2, 0.25) is 0 Å². The maximum absolute atomic E-state index is 5.46. The average molecular weight is 250 g/mol. The highest BCUT2D eigenvalue weighted by Crippen LogP contribution is 2.28. The normalized spacial score (nSPS) is 14.7. The third-order valence-electron chi connectivity index (χ3n) is 2.89. The van der Waals surface area contributed by atoms with Gasteiger partial charge in [-0.1, -0.05) is 6.92 Å². The average Bonchev–Trinajstić information content (AvgIpc) is 3.21. The molecule has 100 valence electrons. The van der Waals surface area contributed by atoms with Gasteiger partial charge in [0.05, 0.1) is 18.5 Å². The van der Waals surface area contributed by atoms with Crippen LogP contribution in [0.15, 0.2) is 18.3 Å². The first-order valence-corrected chi connectivity index (χ1v) is 6.74. The van der Waals surface area contributed by atoms with E-state index in [9.17, 15) is 0 Å². The van der Waals surface area contributed by atoms with Crippen molar-refractivity contribution in [3.63, 3.8) is 0 Å². The smallest absolute Gasteiger partial charge is 0.189 e. The molecule has 1 aliphatic carbocycles. The summed E-state index contributed by atoms with van der Waals surface area (Å²) >= 11 is 0. The van der Waals surface area contributed by atoms with Crippen molar-refractivity contribution in [1.29, 1.82) is 0 Å². The van der Waals surface area contributed by atoms with Gasteiger partial charge >= 0.3 is 0 Å². The molecule has 2 rings (SSSR count). The first kappa shape index (κ1) is 13.3. The van der Waals surface area contributed by atoms with Crippen LogP contribution in [0.25, 0.3) is 0 Å². The minimum Gasteiger partial charge on any atom is -0.466 e. The molecule has 0 radical (unpaired) electrons. The van der Waals surface area contributed by atoms with Crippen molar-refractivity contribution in [2.24, 2.45) is 5.92 Å². The van der Waals surface area contributed by atoms with Gasteiger partial charge in [0.1, 0.15) is 5.75 Å². The van der Waals surface area contributed by atoms with E-state index in [1.807, 2.05) is 12.1 Å². The summed E-state index contributed by atoms with van der Waals surface area (Å²) in [4.78, 5) is 4.33. The van der Waals surface area contributed by atoms with E-state index in [0.717, 1.165) is 43.5 Å². The van der Waals surface area contributed by atoms with E-state index in [4.69, 9.17) is 9.47 Å². The van der Waals surface area contributed by atoms with Gasteiger partial charge < -0.3 is 14.8 Å². The highest BCUT2D eigenvalue weighted by atomic mass is 16.7. The Kier molecular flexibility index (Phi) is 5.42. The Balaban J connectivity index is 1.62. The molecule has 0 bridgehead atoms. The Labute approximate surface area is 109 Å². The number of aromatic nitrogens is 1. The van der Waals surface area contributed by atoms with Crippen molar-refractivity contribution in [1.82, 2.24) is 10.3 Å². The molecule has 0 atom stereocenters. The number of rotatable bonds is 9. The Morgan fingerprint density at radius 1 is 1.39 bits per heavy atom. The fourth-order valence-corrected chi connectivity index (χ4v) is 1.60. The molecule has 0 aromatic carbocycles. The number of pyridine rings is 1. The number of nitrogens with zero attached hydrogens (tertiary/aromatic N) is 1. The SMILES string of the molecule is CCCNCc1ccc(OCOCC2CC2)cn1. The number of hydrogen-bond donors (Lipinski definition) is 1. The first-order chi connectivity index (χ1) is 8.88. The number of ether oxygens (including phenoxy) is 2. The standard InChI is InChI=1S/C14H22N2O2/c1-2-7-15-8-13-5-6-14(9-16-13)18-11-17-10-12-3-4-12/h5-6,9,12,15H,2-4,7-8,10-11H2,1H3. The number of nitrogens with one attached hydrogen (secondary N) is 1. The Hall–Kier alpha value is -1.13. The van der Waals surface area contributed by atoms with Crippen molar-refractivity contribution >= 4 is 0 Å². The minimum atomic E-state index is 0.325. The summed E-state index contributed by atoms with van der Waals surface area (Å²) in [5, 5.41) is 3.31. The summed E-state index contributed by atoms with van der Waals surface area (Å²) in [5.74, 6) is 1.55. The molecule has 0 aliphatic heterocycles. The van der Waals surface area contributed by atoms with Gasteiger partial charge in [0.25, 0.3) is 0 Å². The third-order valence-corrected chi connectivity index (χ3v) is 2.89. The van der Waals surface area contributed by atoms with Crippen molar-refractivity contribution in [3.05, 3.63) is 24.0 Å². The quantitative estimate of drug-likeness (QED) is 0.539. The van der Waals surface area contributed by atoms with Crippen LogP contribution in [0.4, 0.5) is 0 Å². The second-order valence-corrected chi connectivity index (χ2v) is 4.74. The zero-order chi connectivity index (χ0) is 12.6. The topological polar surface area (TPSA) is 43.4 Å². The summed E-state index contributed by atoms with van der Waals surface area (Å²) in [6, 6.07) is 3.93. The van der Waals surface area contributed by atoms with Gasteiger partial charge in [-0.25, -0.2) is 0 Å². The van der Waals surface area contributed by atoms with E-state index in [-0.39, 0.29) is 0 Å². The Morgan fingerprint density at radius 2 is 2.28 bits per heavy atom. The van der Waals surface area contributed by atoms with Gasteiger partial charge in [-0.3, -0.25) is 4.98 Å². The Bertz CT molecular complexity index is 336. The molecular weight excluding hydrogens is 228 g/mol. The fourth-order valence-electron chi connectivity index (χ4n) is 1.60. The van der Waals surface area contributed by atoms with E-state index in [1.165, 1.54) is 12.8 Å². The van der Waals surface area contributed by atoms with Gasteiger partial charge in [-0.2, -0.15) is 0 Å². The van der Waals surface area contributed by atoms with Crippen molar-refractivity contribution < 1.29 is 9.47 Å². The van der Waals surface area contributed by atoms with E-state index < -0.39 is 0 Å². The lowest BCUT2D eigenvalue weighted by Crippen LogP contribution is -2.14. The molecule has 1 saturated carbocycles. The third kappa shape index (κ3) is 5.02. The van der Waals surface area contributed by atoms with Crippen molar-refractivity contribution in [3.8, 4) is 5.75 Å². The second kappa shape index (κ2) is 7.34. The molecule has 0 saturated heterocycles. The maximum Gasteiger partial charge on any atom is 0.189 e. The molecular formula is C14H22N2O2. The lowest BCUT2D eigenvalue weighted by Gasteiger charge is -2.07. The molecule has 4 heteroatoms. The second-order valence-electron chi connectivity index (χ2n) is 4.74. The first-order valence-electron chi connectivity index (χ1n) is 6.74. The van der Waals surface area contributed by atoms with Crippen LogP contribution in [-0.2, 0) is 11.3 Å². The van der Waals surface area contributed by atoms with Crippen molar-refractivity contribution in [2.75, 3.05) is 19.9 Å². The van der Waals surface area contributed by atoms with Crippen LogP contribution >= 0.6 is 0 Å². The molecule has 1 N–H and O–H groups in total. The summed E-state index contributed by atoms with van der Waals surface area (Å²) in [6.07, 6.45) is 5.50. The van der Waals surface area contributed by atoms with Crippen LogP contribution in [0.3, 0.4) is 0 Å². The molecule has 4 nitrogen and oxygen atoms in total. The molecule has 1 fully saturated rings. The van der Waals surface area contributed by atoms with Crippen LogP contribution in [0, 0.1) is 5.92 Å². The molecule has 1 aromatic rings. The maximum atomic E-state index is 5.46. The van der Waals surface area contributed by atoms with E-state index >= 15 is 0 Å². The van der Waals surface area contributed by atoms with Crippen LogP contribution in [0.1, 0.15) is 31.9 Å². The minimum absolute atomic E-state index is 0.325. The lowest BCUT2D eigenvalue weighted by molar-refractivity contribution is 0.00977. The van der Waals surface area contributed by atoms with Crippen LogP contribution in [-0.4, -0.2) is 24.9 Å². The summed E-state index contributed by atoms with van der Waals surface area (Å²) in [7, 11) is 0. The lowest BCUT2D eigenvalue weighted by atomic mass is 10.3. The predicted molar refractivity (Wildman–Crippen MR) is 70.4 cm³/mol. The zero-order valence-electron chi connectivity index (χ0n) is 11.0. The molecule has 18 heavy (non-hydrogen) atoms. The molecule has 0 unspecified atom stereocenters. The van der Waals surface area contributed by atoms with Gasteiger partial charge in [0, 0.05) is 6.54 Å². The number of hydrogen-bond acceptors (Lipinski definition) is 4. The van der Waals surface area contributed by atoms with Gasteiger partial charge in [0.2, 0.25) is 0 Å². The fraction of sp³-hybridized carbons (Fsp3) is 0.643. The van der Waals surface area contributed by atoms with Gasteiger partial charge in [-0.15, -0.1) is 0 Å². The van der Waals surface area contributed by atoms with Crippen molar-refractivity contribution in [2.45, 2.75) is 32.7 Å². The molecule has 0 spiro atoms. The van der Waals surface area contributed by atoms with E-state index in [0.29, 0.717) is 6.79 Å². The molecule has 0 amide bonds. The highest BCUT2D eigenvalue weighted by Gasteiger charge is 2.21. The van der Waals surface area contributed by atoms with Crippen LogP contribution in [0.5, 0.6) is 5.75 Å². The summed E-state index contributed by atoms with van der Waals surface area (Å²) < 4.78 is 10.9. The Morgan fingerprint density at radius 3 is 2.94 bits per heavy atom. The van der Waals surface area contributed by atoms with Crippen LogP contribution < -0.4 is 10.1 Å². The van der Waals surface area contributed by atoms with E-state index in [1.54, 1.807) is 6.20 Å². The molecule has 1 aliphatic rings. The predicted octanol–water partition coefficient (Wildman–Crippen LogP) is 2.34. The van der Waals surface area contributed by atoms with E-state index in [2.05, 4.69) is 17.2 Å². The molecule has 1 heterocycles.